The second kappa shape index (κ2) is 5.19. The molecular weight excluding hydrogens is 216 g/mol. The van der Waals surface area contributed by atoms with Crippen LogP contribution in [0, 0.1) is 13.8 Å². The van der Waals surface area contributed by atoms with E-state index in [-0.39, 0.29) is 0 Å². The first-order valence-corrected chi connectivity index (χ1v) is 5.94. The molecule has 0 bridgehead atoms. The Kier molecular flexibility index (Phi) is 3.64. The van der Waals surface area contributed by atoms with Gasteiger partial charge < -0.3 is 14.3 Å². The third-order valence-corrected chi connectivity index (χ3v) is 2.60. The predicted octanol–water partition coefficient (Wildman–Crippen LogP) is 3.05. The van der Waals surface area contributed by atoms with Crippen LogP contribution in [0.25, 0.3) is 11.3 Å². The molecule has 2 aromatic rings. The molecule has 0 fully saturated rings. The number of rotatable bonds is 5. The number of furan rings is 1. The van der Waals surface area contributed by atoms with Gasteiger partial charge in [-0.3, -0.25) is 0 Å². The van der Waals surface area contributed by atoms with Crippen molar-refractivity contribution in [2.45, 2.75) is 33.7 Å². The Bertz CT molecular complexity index is 485. The van der Waals surface area contributed by atoms with Crippen LogP contribution in [0.2, 0.25) is 0 Å². The molecule has 2 aromatic heterocycles. The van der Waals surface area contributed by atoms with E-state index < -0.39 is 0 Å². The summed E-state index contributed by atoms with van der Waals surface area (Å²) in [6.45, 7) is 7.73. The van der Waals surface area contributed by atoms with Crippen molar-refractivity contribution in [3.05, 3.63) is 29.3 Å². The van der Waals surface area contributed by atoms with Crippen molar-refractivity contribution in [2.75, 3.05) is 6.54 Å². The second-order valence-corrected chi connectivity index (χ2v) is 4.19. The molecular formula is C13H18N2O2. The van der Waals surface area contributed by atoms with Gasteiger partial charge in [-0.15, -0.1) is 0 Å². The van der Waals surface area contributed by atoms with E-state index in [2.05, 4.69) is 17.4 Å². The van der Waals surface area contributed by atoms with E-state index in [1.165, 1.54) is 0 Å². The van der Waals surface area contributed by atoms with Crippen LogP contribution < -0.4 is 5.32 Å². The lowest BCUT2D eigenvalue weighted by Gasteiger charge is -1.96. The van der Waals surface area contributed by atoms with Crippen LogP contribution in [-0.2, 0) is 6.54 Å². The third-order valence-electron chi connectivity index (χ3n) is 2.60. The molecule has 0 atom stereocenters. The molecule has 0 aliphatic carbocycles. The summed E-state index contributed by atoms with van der Waals surface area (Å²) in [7, 11) is 0. The van der Waals surface area contributed by atoms with Crippen LogP contribution in [0.1, 0.15) is 30.6 Å². The fraction of sp³-hybridized carbons (Fsp3) is 0.462. The zero-order valence-corrected chi connectivity index (χ0v) is 10.5. The highest BCUT2D eigenvalue weighted by Gasteiger charge is 2.12. The number of hydrogen-bond donors (Lipinski definition) is 1. The van der Waals surface area contributed by atoms with Crippen molar-refractivity contribution in [3.63, 3.8) is 0 Å². The summed E-state index contributed by atoms with van der Waals surface area (Å²) in [4.78, 5) is 0. The van der Waals surface area contributed by atoms with E-state index in [4.69, 9.17) is 8.94 Å². The standard InChI is InChI=1S/C13H18N2O2/c1-4-5-14-8-11-7-13(17-15-11)12-6-9(2)16-10(12)3/h6-7,14H,4-5,8H2,1-3H3. The molecule has 17 heavy (non-hydrogen) atoms. The van der Waals surface area contributed by atoms with Crippen molar-refractivity contribution in [1.82, 2.24) is 10.5 Å². The van der Waals surface area contributed by atoms with Crippen molar-refractivity contribution in [3.8, 4) is 11.3 Å². The number of aromatic nitrogens is 1. The molecule has 0 amide bonds. The lowest BCUT2D eigenvalue weighted by Crippen LogP contribution is -2.13. The van der Waals surface area contributed by atoms with Crippen LogP contribution in [0.15, 0.2) is 21.1 Å². The molecule has 0 aliphatic heterocycles. The van der Waals surface area contributed by atoms with Gasteiger partial charge >= 0.3 is 0 Å². The molecule has 1 N–H and O–H groups in total. The van der Waals surface area contributed by atoms with Gasteiger partial charge in [0.1, 0.15) is 11.5 Å². The van der Waals surface area contributed by atoms with Crippen LogP contribution in [0.5, 0.6) is 0 Å². The lowest BCUT2D eigenvalue weighted by atomic mass is 10.2. The van der Waals surface area contributed by atoms with Crippen molar-refractivity contribution < 1.29 is 8.94 Å². The fourth-order valence-electron chi connectivity index (χ4n) is 1.79. The monoisotopic (exact) mass is 234 g/mol. The zero-order valence-electron chi connectivity index (χ0n) is 10.5. The average Bonchev–Trinajstić information content (AvgIpc) is 2.86. The minimum atomic E-state index is 0.743. The van der Waals surface area contributed by atoms with Gasteiger partial charge in [-0.1, -0.05) is 12.1 Å². The first-order chi connectivity index (χ1) is 8.20. The Balaban J connectivity index is 2.10. The largest absolute Gasteiger partial charge is 0.466 e. The third kappa shape index (κ3) is 2.77. The normalized spacial score (nSPS) is 11.0. The number of nitrogens with zero attached hydrogens (tertiary/aromatic N) is 1. The predicted molar refractivity (Wildman–Crippen MR) is 65.7 cm³/mol. The molecule has 0 unspecified atom stereocenters. The molecule has 4 heteroatoms. The highest BCUT2D eigenvalue weighted by atomic mass is 16.5. The van der Waals surface area contributed by atoms with Crippen LogP contribution in [0.3, 0.4) is 0 Å². The van der Waals surface area contributed by atoms with Gasteiger partial charge in [-0.05, 0) is 32.9 Å². The quantitative estimate of drug-likeness (QED) is 0.808. The summed E-state index contributed by atoms with van der Waals surface area (Å²) in [5.41, 5.74) is 1.91. The summed E-state index contributed by atoms with van der Waals surface area (Å²) in [6.07, 6.45) is 1.12. The molecule has 0 aliphatic rings. The molecule has 0 aromatic carbocycles. The van der Waals surface area contributed by atoms with E-state index in [1.54, 1.807) is 0 Å². The maximum atomic E-state index is 5.47. The maximum absolute atomic E-state index is 5.47. The summed E-state index contributed by atoms with van der Waals surface area (Å²) < 4.78 is 10.8. The Morgan fingerprint density at radius 1 is 1.29 bits per heavy atom. The zero-order chi connectivity index (χ0) is 12.3. The van der Waals surface area contributed by atoms with E-state index in [1.807, 2.05) is 26.0 Å². The Morgan fingerprint density at radius 3 is 2.76 bits per heavy atom. The molecule has 4 nitrogen and oxygen atoms in total. The number of nitrogens with one attached hydrogen (secondary N) is 1. The Morgan fingerprint density at radius 2 is 2.12 bits per heavy atom. The van der Waals surface area contributed by atoms with Gasteiger partial charge in [0.15, 0.2) is 5.76 Å². The second-order valence-electron chi connectivity index (χ2n) is 4.19. The summed E-state index contributed by atoms with van der Waals surface area (Å²) in [5, 5.41) is 7.33. The Labute approximate surface area is 101 Å². The molecule has 2 heterocycles. The molecule has 0 saturated heterocycles. The van der Waals surface area contributed by atoms with Gasteiger partial charge in [-0.25, -0.2) is 0 Å². The maximum Gasteiger partial charge on any atom is 0.170 e. The molecule has 0 saturated carbocycles. The summed E-state index contributed by atoms with van der Waals surface area (Å²) in [6, 6.07) is 3.93. The Hall–Kier alpha value is -1.55. The topological polar surface area (TPSA) is 51.2 Å². The SMILES string of the molecule is CCCNCc1cc(-c2cc(C)oc2C)on1. The van der Waals surface area contributed by atoms with Crippen LogP contribution >= 0.6 is 0 Å². The van der Waals surface area contributed by atoms with E-state index >= 15 is 0 Å². The van der Waals surface area contributed by atoms with E-state index in [0.717, 1.165) is 48.0 Å². The van der Waals surface area contributed by atoms with Gasteiger partial charge in [-0.2, -0.15) is 0 Å². The highest BCUT2D eigenvalue weighted by molar-refractivity contribution is 5.60. The number of hydrogen-bond acceptors (Lipinski definition) is 4. The molecule has 2 rings (SSSR count). The summed E-state index contributed by atoms with van der Waals surface area (Å²) >= 11 is 0. The first kappa shape index (κ1) is 11.9. The minimum absolute atomic E-state index is 0.743. The van der Waals surface area contributed by atoms with Gasteiger partial charge in [0.05, 0.1) is 11.3 Å². The smallest absolute Gasteiger partial charge is 0.170 e. The van der Waals surface area contributed by atoms with Crippen molar-refractivity contribution >= 4 is 0 Å². The van der Waals surface area contributed by atoms with E-state index in [9.17, 15) is 0 Å². The molecule has 92 valence electrons. The van der Waals surface area contributed by atoms with Crippen molar-refractivity contribution in [1.29, 1.82) is 0 Å². The fourth-order valence-corrected chi connectivity index (χ4v) is 1.79. The minimum Gasteiger partial charge on any atom is -0.466 e. The molecule has 0 spiro atoms. The van der Waals surface area contributed by atoms with Crippen LogP contribution in [-0.4, -0.2) is 11.7 Å². The van der Waals surface area contributed by atoms with Gasteiger partial charge in [0.2, 0.25) is 0 Å². The van der Waals surface area contributed by atoms with Gasteiger partial charge in [0, 0.05) is 12.6 Å². The first-order valence-electron chi connectivity index (χ1n) is 5.94. The van der Waals surface area contributed by atoms with Crippen molar-refractivity contribution in [2.24, 2.45) is 0 Å². The number of aryl methyl sites for hydroxylation is 2. The highest BCUT2D eigenvalue weighted by Crippen LogP contribution is 2.26. The lowest BCUT2D eigenvalue weighted by molar-refractivity contribution is 0.418. The van der Waals surface area contributed by atoms with Crippen LogP contribution in [0.4, 0.5) is 0 Å². The average molecular weight is 234 g/mol. The molecule has 0 radical (unpaired) electrons. The summed E-state index contributed by atoms with van der Waals surface area (Å²) in [5.74, 6) is 2.53. The van der Waals surface area contributed by atoms with E-state index in [0.29, 0.717) is 0 Å². The van der Waals surface area contributed by atoms with Gasteiger partial charge in [0.25, 0.3) is 0 Å².